The molecule has 0 aliphatic carbocycles. The number of carbonyl (C=O) groups excluding carboxylic acids is 1. The summed E-state index contributed by atoms with van der Waals surface area (Å²) in [6, 6.07) is 1.86. The highest BCUT2D eigenvalue weighted by Crippen LogP contribution is 2.28. The van der Waals surface area contributed by atoms with Crippen molar-refractivity contribution in [1.29, 1.82) is 0 Å². The Hall–Kier alpha value is -1.60. The summed E-state index contributed by atoms with van der Waals surface area (Å²) in [5.41, 5.74) is 0.905. The SMILES string of the molecule is CC(CCC(C)N1CCC(N2CCCC2)CC1)c1cnn(C2CCN(C(=O)OC(C)(C)C)CC2)c1. The van der Waals surface area contributed by atoms with E-state index < -0.39 is 5.60 Å². The van der Waals surface area contributed by atoms with Gasteiger partial charge in [0.25, 0.3) is 0 Å². The summed E-state index contributed by atoms with van der Waals surface area (Å²) in [4.78, 5) is 19.6. The zero-order chi connectivity index (χ0) is 25.0. The number of aromatic nitrogens is 2. The molecule has 0 bridgehead atoms. The number of piperidine rings is 2. The van der Waals surface area contributed by atoms with Gasteiger partial charge in [0.05, 0.1) is 12.2 Å². The largest absolute Gasteiger partial charge is 0.444 e. The first kappa shape index (κ1) is 26.5. The average Bonchev–Trinajstić information content (AvgIpc) is 3.54. The number of hydrogen-bond acceptors (Lipinski definition) is 5. The van der Waals surface area contributed by atoms with Gasteiger partial charge in [-0.15, -0.1) is 0 Å². The van der Waals surface area contributed by atoms with Gasteiger partial charge in [-0.2, -0.15) is 5.10 Å². The molecular weight excluding hydrogens is 438 g/mol. The zero-order valence-electron chi connectivity index (χ0n) is 22.9. The third-order valence-corrected chi connectivity index (χ3v) is 8.48. The molecule has 4 rings (SSSR count). The van der Waals surface area contributed by atoms with E-state index in [0.29, 0.717) is 18.0 Å². The van der Waals surface area contributed by atoms with E-state index in [-0.39, 0.29) is 6.09 Å². The normalized spacial score (nSPS) is 23.5. The molecule has 35 heavy (non-hydrogen) atoms. The van der Waals surface area contributed by atoms with Crippen molar-refractivity contribution in [3.63, 3.8) is 0 Å². The second-order valence-electron chi connectivity index (χ2n) is 12.3. The third kappa shape index (κ3) is 7.22. The molecule has 1 amide bonds. The number of ether oxygens (including phenoxy) is 1. The molecule has 0 aromatic carbocycles. The van der Waals surface area contributed by atoms with E-state index in [2.05, 4.69) is 40.7 Å². The summed E-state index contributed by atoms with van der Waals surface area (Å²) in [5.74, 6) is 0.523. The molecule has 3 aliphatic heterocycles. The van der Waals surface area contributed by atoms with Gasteiger partial charge in [0.1, 0.15) is 5.60 Å². The van der Waals surface area contributed by atoms with Crippen molar-refractivity contribution in [2.45, 2.75) is 116 Å². The summed E-state index contributed by atoms with van der Waals surface area (Å²) in [6.07, 6.45) is 13.9. The standard InChI is InChI=1S/C28H49N5O2/c1-22(8-9-23(2)30-16-10-25(11-17-30)31-14-6-7-15-31)24-20-29-33(21-24)26-12-18-32(19-13-26)27(34)35-28(3,4)5/h20-23,25-26H,6-19H2,1-5H3. The minimum absolute atomic E-state index is 0.194. The lowest BCUT2D eigenvalue weighted by atomic mass is 9.95. The van der Waals surface area contributed by atoms with E-state index in [4.69, 9.17) is 9.84 Å². The van der Waals surface area contributed by atoms with Crippen molar-refractivity contribution in [2.24, 2.45) is 0 Å². The van der Waals surface area contributed by atoms with Crippen LogP contribution in [0.25, 0.3) is 0 Å². The van der Waals surface area contributed by atoms with Crippen molar-refractivity contribution in [2.75, 3.05) is 39.3 Å². The van der Waals surface area contributed by atoms with E-state index in [1.165, 1.54) is 70.3 Å². The molecule has 7 nitrogen and oxygen atoms in total. The fourth-order valence-corrected chi connectivity index (χ4v) is 6.09. The molecule has 7 heteroatoms. The maximum Gasteiger partial charge on any atom is 0.410 e. The summed E-state index contributed by atoms with van der Waals surface area (Å²) in [7, 11) is 0. The highest BCUT2D eigenvalue weighted by Gasteiger charge is 2.29. The van der Waals surface area contributed by atoms with Crippen LogP contribution in [0.5, 0.6) is 0 Å². The fraction of sp³-hybridized carbons (Fsp3) is 0.857. The van der Waals surface area contributed by atoms with Crippen molar-refractivity contribution in [3.8, 4) is 0 Å². The lowest BCUT2D eigenvalue weighted by molar-refractivity contribution is 0.0184. The minimum atomic E-state index is -0.442. The Kier molecular flexibility index (Phi) is 8.80. The molecular formula is C28H49N5O2. The summed E-state index contributed by atoms with van der Waals surface area (Å²) < 4.78 is 7.67. The van der Waals surface area contributed by atoms with E-state index in [9.17, 15) is 4.79 Å². The van der Waals surface area contributed by atoms with Crippen molar-refractivity contribution < 1.29 is 9.53 Å². The molecule has 0 radical (unpaired) electrons. The Balaban J connectivity index is 1.18. The molecule has 0 spiro atoms. The topological polar surface area (TPSA) is 53.8 Å². The third-order valence-electron chi connectivity index (χ3n) is 8.48. The summed E-state index contributed by atoms with van der Waals surface area (Å²) in [5, 5.41) is 4.72. The highest BCUT2D eigenvalue weighted by atomic mass is 16.6. The van der Waals surface area contributed by atoms with Gasteiger partial charge in [0.15, 0.2) is 0 Å². The van der Waals surface area contributed by atoms with Crippen LogP contribution in [-0.2, 0) is 4.74 Å². The van der Waals surface area contributed by atoms with Crippen LogP contribution in [0, 0.1) is 0 Å². The first-order chi connectivity index (χ1) is 16.7. The molecule has 1 aromatic heterocycles. The van der Waals surface area contributed by atoms with E-state index >= 15 is 0 Å². The van der Waals surface area contributed by atoms with Crippen LogP contribution < -0.4 is 0 Å². The maximum absolute atomic E-state index is 12.3. The van der Waals surface area contributed by atoms with Gasteiger partial charge in [-0.3, -0.25) is 4.68 Å². The first-order valence-electron chi connectivity index (χ1n) is 14.2. The summed E-state index contributed by atoms with van der Waals surface area (Å²) in [6.45, 7) is 17.2. The fourth-order valence-electron chi connectivity index (χ4n) is 6.09. The van der Waals surface area contributed by atoms with Crippen LogP contribution in [0.1, 0.15) is 104 Å². The molecule has 3 aliphatic rings. The van der Waals surface area contributed by atoms with Crippen molar-refractivity contribution in [1.82, 2.24) is 24.5 Å². The molecule has 0 saturated carbocycles. The Morgan fingerprint density at radius 3 is 2.23 bits per heavy atom. The van der Waals surface area contributed by atoms with Gasteiger partial charge in [-0.1, -0.05) is 6.92 Å². The van der Waals surface area contributed by atoms with Crippen LogP contribution in [0.2, 0.25) is 0 Å². The second-order valence-corrected chi connectivity index (χ2v) is 12.3. The van der Waals surface area contributed by atoms with Crippen LogP contribution in [0.15, 0.2) is 12.4 Å². The highest BCUT2D eigenvalue weighted by molar-refractivity contribution is 5.68. The summed E-state index contributed by atoms with van der Waals surface area (Å²) >= 11 is 0. The molecule has 3 fully saturated rings. The van der Waals surface area contributed by atoms with Crippen molar-refractivity contribution in [3.05, 3.63) is 18.0 Å². The number of carbonyl (C=O) groups is 1. The molecule has 2 atom stereocenters. The predicted octanol–water partition coefficient (Wildman–Crippen LogP) is 5.29. The lowest BCUT2D eigenvalue weighted by Gasteiger charge is -2.39. The quantitative estimate of drug-likeness (QED) is 0.523. The van der Waals surface area contributed by atoms with Gasteiger partial charge >= 0.3 is 6.09 Å². The van der Waals surface area contributed by atoms with Crippen molar-refractivity contribution >= 4 is 6.09 Å². The van der Waals surface area contributed by atoms with Gasteiger partial charge in [-0.25, -0.2) is 4.79 Å². The molecule has 3 saturated heterocycles. The van der Waals surface area contributed by atoms with E-state index in [1.54, 1.807) is 0 Å². The minimum Gasteiger partial charge on any atom is -0.444 e. The molecule has 1 aromatic rings. The van der Waals surface area contributed by atoms with E-state index in [0.717, 1.165) is 32.0 Å². The van der Waals surface area contributed by atoms with Gasteiger partial charge in [0.2, 0.25) is 0 Å². The van der Waals surface area contributed by atoms with Crippen LogP contribution in [0.4, 0.5) is 4.79 Å². The lowest BCUT2D eigenvalue weighted by Crippen LogP contribution is -2.46. The Labute approximate surface area is 213 Å². The number of amides is 1. The van der Waals surface area contributed by atoms with Gasteiger partial charge in [0, 0.05) is 31.4 Å². The first-order valence-corrected chi connectivity index (χ1v) is 14.2. The number of likely N-dealkylation sites (tertiary alicyclic amines) is 3. The predicted molar refractivity (Wildman–Crippen MR) is 141 cm³/mol. The van der Waals surface area contributed by atoms with Gasteiger partial charge in [-0.05, 0) is 117 Å². The number of rotatable bonds is 7. The smallest absolute Gasteiger partial charge is 0.410 e. The van der Waals surface area contributed by atoms with Crippen LogP contribution in [0.3, 0.4) is 0 Å². The van der Waals surface area contributed by atoms with Gasteiger partial charge < -0.3 is 19.4 Å². The Morgan fingerprint density at radius 2 is 1.60 bits per heavy atom. The van der Waals surface area contributed by atoms with E-state index in [1.807, 2.05) is 25.7 Å². The van der Waals surface area contributed by atoms with Crippen LogP contribution >= 0.6 is 0 Å². The average molecular weight is 488 g/mol. The molecule has 4 heterocycles. The number of nitrogens with zero attached hydrogens (tertiary/aromatic N) is 5. The second kappa shape index (κ2) is 11.6. The Bertz CT molecular complexity index is 797. The molecule has 0 N–H and O–H groups in total. The molecule has 198 valence electrons. The Morgan fingerprint density at radius 1 is 0.971 bits per heavy atom. The zero-order valence-corrected chi connectivity index (χ0v) is 22.9. The van der Waals surface area contributed by atoms with Crippen LogP contribution in [-0.4, -0.2) is 87.5 Å². The maximum atomic E-state index is 12.3. The molecule has 2 unspecified atom stereocenters. The monoisotopic (exact) mass is 487 g/mol. The number of hydrogen-bond donors (Lipinski definition) is 0.